The fourth-order valence-electron chi connectivity index (χ4n) is 2.41. The Bertz CT molecular complexity index is 1240. The van der Waals surface area contributed by atoms with Crippen LogP contribution in [0, 0.1) is 10.1 Å². The molecule has 0 unspecified atom stereocenters. The van der Waals surface area contributed by atoms with Gasteiger partial charge in [-0.05, 0) is 30.7 Å². The fraction of sp³-hybridized carbons (Fsp3) is 0.176. The predicted molar refractivity (Wildman–Crippen MR) is 104 cm³/mol. The van der Waals surface area contributed by atoms with Crippen molar-refractivity contribution >= 4 is 33.0 Å². The van der Waals surface area contributed by atoms with E-state index in [9.17, 15) is 23.3 Å². The summed E-state index contributed by atoms with van der Waals surface area (Å²) < 4.78 is 34.8. The standard InChI is InChI=1S/C17H16N4O7S/c1-2-7-27-15-6-3-11(8-14(15)21(23)24)10-18-20-29(25,26)12-4-5-13-16(9-12)28-17(22)19-13/h3-6,8-10,20H,2,7H2,1H3,(H,19,22)/b18-10+. The number of ether oxygens (including phenoxy) is 1. The SMILES string of the molecule is CCCOc1ccc(/C=N/NS(=O)(=O)c2ccc3[nH]c(=O)oc3c2)cc1[N+](=O)[O-]. The molecule has 1 aromatic heterocycles. The van der Waals surface area contributed by atoms with Crippen LogP contribution in [0.1, 0.15) is 18.9 Å². The molecule has 152 valence electrons. The van der Waals surface area contributed by atoms with Gasteiger partial charge in [-0.25, -0.2) is 9.63 Å². The molecule has 0 atom stereocenters. The highest BCUT2D eigenvalue weighted by molar-refractivity contribution is 7.89. The summed E-state index contributed by atoms with van der Waals surface area (Å²) in [6.45, 7) is 2.21. The third-order valence-corrected chi connectivity index (χ3v) is 4.95. The monoisotopic (exact) mass is 420 g/mol. The molecule has 0 bridgehead atoms. The number of nitrogens with one attached hydrogen (secondary N) is 2. The maximum atomic E-state index is 12.3. The topological polar surface area (TPSA) is 157 Å². The molecule has 0 amide bonds. The Labute approximate surface area is 164 Å². The summed E-state index contributed by atoms with van der Waals surface area (Å²) in [6.07, 6.45) is 1.82. The second-order valence-corrected chi connectivity index (χ2v) is 7.52. The molecule has 0 spiro atoms. The number of fused-ring (bicyclic) bond motifs is 1. The largest absolute Gasteiger partial charge is 0.487 e. The van der Waals surface area contributed by atoms with Gasteiger partial charge in [0.1, 0.15) is 0 Å². The van der Waals surface area contributed by atoms with E-state index < -0.39 is 20.7 Å². The number of sulfonamides is 1. The third kappa shape index (κ3) is 4.60. The van der Waals surface area contributed by atoms with Crippen molar-refractivity contribution in [1.82, 2.24) is 9.82 Å². The van der Waals surface area contributed by atoms with Crippen molar-refractivity contribution in [3.63, 3.8) is 0 Å². The minimum absolute atomic E-state index is 0.0835. The lowest BCUT2D eigenvalue weighted by Gasteiger charge is -2.06. The van der Waals surface area contributed by atoms with Crippen molar-refractivity contribution < 1.29 is 22.5 Å². The average molecular weight is 420 g/mol. The highest BCUT2D eigenvalue weighted by Gasteiger charge is 2.17. The van der Waals surface area contributed by atoms with Crippen molar-refractivity contribution in [2.45, 2.75) is 18.2 Å². The highest BCUT2D eigenvalue weighted by atomic mass is 32.2. The van der Waals surface area contributed by atoms with Gasteiger partial charge < -0.3 is 9.15 Å². The van der Waals surface area contributed by atoms with E-state index in [0.717, 1.165) is 6.21 Å². The number of nitro groups is 1. The summed E-state index contributed by atoms with van der Waals surface area (Å²) in [5.74, 6) is -0.579. The Morgan fingerprint density at radius 3 is 2.83 bits per heavy atom. The number of oxazole rings is 1. The molecule has 11 nitrogen and oxygen atoms in total. The van der Waals surface area contributed by atoms with E-state index in [-0.39, 0.29) is 21.9 Å². The minimum Gasteiger partial charge on any atom is -0.487 e. The molecule has 12 heteroatoms. The van der Waals surface area contributed by atoms with Gasteiger partial charge in [-0.1, -0.05) is 6.92 Å². The second-order valence-electron chi connectivity index (χ2n) is 5.86. The highest BCUT2D eigenvalue weighted by Crippen LogP contribution is 2.27. The van der Waals surface area contributed by atoms with Crippen molar-refractivity contribution in [2.75, 3.05) is 6.61 Å². The lowest BCUT2D eigenvalue weighted by atomic mass is 10.2. The van der Waals surface area contributed by atoms with Gasteiger partial charge in [-0.15, -0.1) is 0 Å². The molecule has 0 saturated heterocycles. The zero-order valence-electron chi connectivity index (χ0n) is 15.1. The van der Waals surface area contributed by atoms with Crippen molar-refractivity contribution in [2.24, 2.45) is 5.10 Å². The maximum Gasteiger partial charge on any atom is 0.417 e. The van der Waals surface area contributed by atoms with Gasteiger partial charge in [0.15, 0.2) is 11.3 Å². The van der Waals surface area contributed by atoms with E-state index in [2.05, 4.69) is 10.1 Å². The number of benzene rings is 2. The molecule has 0 aliphatic carbocycles. The first-order valence-corrected chi connectivity index (χ1v) is 9.87. The molecule has 0 saturated carbocycles. The van der Waals surface area contributed by atoms with Gasteiger partial charge in [0, 0.05) is 17.7 Å². The van der Waals surface area contributed by atoms with Gasteiger partial charge in [0.25, 0.3) is 10.0 Å². The number of H-pyrrole nitrogens is 1. The molecule has 29 heavy (non-hydrogen) atoms. The summed E-state index contributed by atoms with van der Waals surface area (Å²) in [7, 11) is -4.04. The van der Waals surface area contributed by atoms with Crippen LogP contribution in [0.15, 0.2) is 55.6 Å². The average Bonchev–Trinajstić information content (AvgIpc) is 3.05. The number of nitro benzene ring substituents is 1. The van der Waals surface area contributed by atoms with Crippen LogP contribution in [0.2, 0.25) is 0 Å². The fourth-order valence-corrected chi connectivity index (χ4v) is 3.21. The maximum absolute atomic E-state index is 12.3. The van der Waals surface area contributed by atoms with Crippen molar-refractivity contribution in [3.05, 3.63) is 62.6 Å². The molecule has 2 N–H and O–H groups in total. The summed E-state index contributed by atoms with van der Waals surface area (Å²) in [4.78, 5) is 26.0. The van der Waals surface area contributed by atoms with Crippen LogP contribution in [-0.4, -0.2) is 31.1 Å². The summed E-state index contributed by atoms with van der Waals surface area (Å²) in [5.41, 5.74) is 0.490. The van der Waals surface area contributed by atoms with Gasteiger partial charge in [0.2, 0.25) is 0 Å². The smallest absolute Gasteiger partial charge is 0.417 e. The summed E-state index contributed by atoms with van der Waals surface area (Å²) in [5, 5.41) is 14.8. The zero-order chi connectivity index (χ0) is 21.0. The van der Waals surface area contributed by atoms with Crippen LogP contribution >= 0.6 is 0 Å². The van der Waals surface area contributed by atoms with Gasteiger partial charge in [0.05, 0.1) is 28.2 Å². The first-order chi connectivity index (χ1) is 13.8. The molecule has 0 aliphatic rings. The van der Waals surface area contributed by atoms with E-state index in [4.69, 9.17) is 9.15 Å². The van der Waals surface area contributed by atoms with Crippen LogP contribution in [-0.2, 0) is 10.0 Å². The van der Waals surface area contributed by atoms with Crippen LogP contribution in [0.5, 0.6) is 5.75 Å². The quantitative estimate of drug-likeness (QED) is 0.321. The van der Waals surface area contributed by atoms with Crippen molar-refractivity contribution in [3.8, 4) is 5.75 Å². The number of hydrogen-bond donors (Lipinski definition) is 2. The Kier molecular flexibility index (Phi) is 5.64. The number of hydrazone groups is 1. The normalized spacial score (nSPS) is 11.8. The number of rotatable bonds is 8. The lowest BCUT2D eigenvalue weighted by Crippen LogP contribution is -2.18. The molecular weight excluding hydrogens is 404 g/mol. The second kappa shape index (κ2) is 8.14. The van der Waals surface area contributed by atoms with Gasteiger partial charge in [-0.3, -0.25) is 15.1 Å². The molecule has 0 radical (unpaired) electrons. The number of nitrogens with zero attached hydrogens (tertiary/aromatic N) is 2. The van der Waals surface area contributed by atoms with Crippen LogP contribution in [0.3, 0.4) is 0 Å². The predicted octanol–water partition coefficient (Wildman–Crippen LogP) is 2.13. The number of aromatic amines is 1. The molecule has 0 aliphatic heterocycles. The Morgan fingerprint density at radius 2 is 2.10 bits per heavy atom. The summed E-state index contributed by atoms with van der Waals surface area (Å²) >= 11 is 0. The Morgan fingerprint density at radius 1 is 1.31 bits per heavy atom. The van der Waals surface area contributed by atoms with E-state index in [1.54, 1.807) is 0 Å². The van der Waals surface area contributed by atoms with E-state index >= 15 is 0 Å². The zero-order valence-corrected chi connectivity index (χ0v) is 15.9. The van der Waals surface area contributed by atoms with E-state index in [1.807, 2.05) is 11.8 Å². The first kappa shape index (κ1) is 20.1. The van der Waals surface area contributed by atoms with Gasteiger partial charge in [-0.2, -0.15) is 13.5 Å². The Hall–Kier alpha value is -3.67. The molecule has 3 rings (SSSR count). The lowest BCUT2D eigenvalue weighted by molar-refractivity contribution is -0.385. The van der Waals surface area contributed by atoms with Gasteiger partial charge >= 0.3 is 11.4 Å². The molecule has 3 aromatic rings. The van der Waals surface area contributed by atoms with Crippen LogP contribution in [0.25, 0.3) is 11.1 Å². The number of hydrogen-bond acceptors (Lipinski definition) is 8. The minimum atomic E-state index is -4.04. The molecule has 1 heterocycles. The third-order valence-electron chi connectivity index (χ3n) is 3.73. The Balaban J connectivity index is 1.79. The molecule has 2 aromatic carbocycles. The van der Waals surface area contributed by atoms with E-state index in [0.29, 0.717) is 24.1 Å². The van der Waals surface area contributed by atoms with Crippen molar-refractivity contribution in [1.29, 1.82) is 0 Å². The first-order valence-electron chi connectivity index (χ1n) is 8.39. The molecule has 0 fully saturated rings. The summed E-state index contributed by atoms with van der Waals surface area (Å²) in [6, 6.07) is 7.99. The van der Waals surface area contributed by atoms with Crippen LogP contribution in [0.4, 0.5) is 5.69 Å². The van der Waals surface area contributed by atoms with Crippen LogP contribution < -0.4 is 15.3 Å². The number of aromatic nitrogens is 1. The van der Waals surface area contributed by atoms with E-state index in [1.165, 1.54) is 36.4 Å². The molecular formula is C17H16N4O7S.